The molecule has 0 radical (unpaired) electrons. The molecule has 0 aliphatic carbocycles. The summed E-state index contributed by atoms with van der Waals surface area (Å²) < 4.78 is 2.24. The summed E-state index contributed by atoms with van der Waals surface area (Å²) in [5.74, 6) is 1.83. The van der Waals surface area contributed by atoms with Crippen molar-refractivity contribution in [2.24, 2.45) is 0 Å². The predicted octanol–water partition coefficient (Wildman–Crippen LogP) is 11.9. The van der Waals surface area contributed by atoms with Gasteiger partial charge in [-0.15, -0.1) is 0 Å². The third-order valence-electron chi connectivity index (χ3n) is 9.83. The first-order chi connectivity index (χ1) is 25.3. The second kappa shape index (κ2) is 11.9. The van der Waals surface area contributed by atoms with Gasteiger partial charge in [0.2, 0.25) is 5.95 Å². The number of fused-ring (bicyclic) bond motifs is 6. The van der Waals surface area contributed by atoms with E-state index >= 15 is 0 Å². The largest absolute Gasteiger partial charge is 0.278 e. The van der Waals surface area contributed by atoms with E-state index in [0.29, 0.717) is 17.6 Å². The molecule has 238 valence electrons. The second-order valence-electron chi connectivity index (χ2n) is 12.9. The van der Waals surface area contributed by atoms with E-state index in [9.17, 15) is 0 Å². The second-order valence-corrected chi connectivity index (χ2v) is 12.9. The lowest BCUT2D eigenvalue weighted by Gasteiger charge is -2.13. The zero-order valence-electron chi connectivity index (χ0n) is 27.6. The van der Waals surface area contributed by atoms with Crippen LogP contribution in [0.25, 0.3) is 94.3 Å². The van der Waals surface area contributed by atoms with Crippen molar-refractivity contribution in [1.29, 1.82) is 0 Å². The van der Waals surface area contributed by atoms with Crippen molar-refractivity contribution < 1.29 is 0 Å². The van der Waals surface area contributed by atoms with Gasteiger partial charge < -0.3 is 0 Å². The minimum Gasteiger partial charge on any atom is -0.278 e. The van der Waals surface area contributed by atoms with Gasteiger partial charge in [-0.1, -0.05) is 164 Å². The Bertz CT molecular complexity index is 2840. The van der Waals surface area contributed by atoms with Crippen LogP contribution < -0.4 is 0 Å². The SMILES string of the molecule is c1ccc(-c2nc(-c3ccccc3)nc(-n3c4cc(-c5ccc6ccccc6c5)ccc4c4c5ccccc5c(-c5ccccc5)cc43)n2)cc1. The van der Waals surface area contributed by atoms with Crippen molar-refractivity contribution in [1.82, 2.24) is 19.5 Å². The van der Waals surface area contributed by atoms with E-state index in [0.717, 1.165) is 49.8 Å². The molecule has 0 atom stereocenters. The van der Waals surface area contributed by atoms with Crippen LogP contribution in [0.5, 0.6) is 0 Å². The molecule has 4 nitrogen and oxygen atoms in total. The van der Waals surface area contributed by atoms with E-state index in [1.807, 2.05) is 36.4 Å². The molecule has 51 heavy (non-hydrogen) atoms. The highest BCUT2D eigenvalue weighted by atomic mass is 15.2. The number of benzene rings is 8. The zero-order chi connectivity index (χ0) is 33.7. The van der Waals surface area contributed by atoms with Crippen molar-refractivity contribution in [2.45, 2.75) is 0 Å². The number of hydrogen-bond donors (Lipinski definition) is 0. The molecule has 0 bridgehead atoms. The molecule has 10 rings (SSSR count). The van der Waals surface area contributed by atoms with Crippen LogP contribution in [0.1, 0.15) is 0 Å². The van der Waals surface area contributed by atoms with Gasteiger partial charge in [-0.25, -0.2) is 4.98 Å². The van der Waals surface area contributed by atoms with Crippen molar-refractivity contribution >= 4 is 43.4 Å². The van der Waals surface area contributed by atoms with Gasteiger partial charge in [0, 0.05) is 21.9 Å². The first-order valence-corrected chi connectivity index (χ1v) is 17.2. The normalized spacial score (nSPS) is 11.5. The quantitative estimate of drug-likeness (QED) is 0.186. The summed E-state index contributed by atoms with van der Waals surface area (Å²) in [4.78, 5) is 15.5. The molecule has 0 N–H and O–H groups in total. The molecule has 0 saturated carbocycles. The molecule has 0 fully saturated rings. The Morgan fingerprint density at radius 2 is 0.882 bits per heavy atom. The highest BCUT2D eigenvalue weighted by molar-refractivity contribution is 6.24. The third kappa shape index (κ3) is 4.96. The van der Waals surface area contributed by atoms with Gasteiger partial charge in [0.1, 0.15) is 0 Å². The maximum Gasteiger partial charge on any atom is 0.238 e. The Balaban J connectivity index is 1.33. The van der Waals surface area contributed by atoms with Gasteiger partial charge in [0.25, 0.3) is 0 Å². The maximum absolute atomic E-state index is 5.24. The predicted molar refractivity (Wildman–Crippen MR) is 211 cm³/mol. The van der Waals surface area contributed by atoms with Crippen molar-refractivity contribution in [3.05, 3.63) is 182 Å². The lowest BCUT2D eigenvalue weighted by molar-refractivity contribution is 0.954. The van der Waals surface area contributed by atoms with Gasteiger partial charge in [0.05, 0.1) is 11.0 Å². The Kier molecular flexibility index (Phi) is 6.78. The van der Waals surface area contributed by atoms with Gasteiger partial charge >= 0.3 is 0 Å². The summed E-state index contributed by atoms with van der Waals surface area (Å²) in [6.07, 6.45) is 0. The van der Waals surface area contributed by atoms with Crippen LogP contribution in [0, 0.1) is 0 Å². The fourth-order valence-electron chi connectivity index (χ4n) is 7.40. The molecular weight excluding hydrogens is 621 g/mol. The molecule has 0 spiro atoms. The molecule has 10 aromatic rings. The van der Waals surface area contributed by atoms with E-state index in [-0.39, 0.29) is 0 Å². The van der Waals surface area contributed by atoms with Crippen LogP contribution in [-0.4, -0.2) is 19.5 Å². The van der Waals surface area contributed by atoms with E-state index in [1.165, 1.54) is 26.9 Å². The van der Waals surface area contributed by atoms with E-state index in [1.54, 1.807) is 0 Å². The lowest BCUT2D eigenvalue weighted by atomic mass is 9.94. The van der Waals surface area contributed by atoms with Gasteiger partial charge in [-0.3, -0.25) is 4.57 Å². The topological polar surface area (TPSA) is 43.6 Å². The molecule has 2 heterocycles. The van der Waals surface area contributed by atoms with Crippen molar-refractivity contribution in [2.75, 3.05) is 0 Å². The monoisotopic (exact) mass is 650 g/mol. The van der Waals surface area contributed by atoms with E-state index < -0.39 is 0 Å². The van der Waals surface area contributed by atoms with Crippen LogP contribution in [0.3, 0.4) is 0 Å². The molecule has 4 heteroatoms. The molecule has 0 aliphatic rings. The summed E-state index contributed by atoms with van der Waals surface area (Å²) in [7, 11) is 0. The Morgan fingerprint density at radius 1 is 0.333 bits per heavy atom. The Morgan fingerprint density at radius 3 is 1.57 bits per heavy atom. The summed E-state index contributed by atoms with van der Waals surface area (Å²) in [5, 5.41) is 7.16. The molecule has 0 amide bonds. The number of rotatable bonds is 5. The first-order valence-electron chi connectivity index (χ1n) is 17.2. The summed E-state index contributed by atoms with van der Waals surface area (Å²) in [6, 6.07) is 64.0. The minimum atomic E-state index is 0.577. The highest BCUT2D eigenvalue weighted by Gasteiger charge is 2.21. The first kappa shape index (κ1) is 29.0. The summed E-state index contributed by atoms with van der Waals surface area (Å²) in [5.41, 5.74) is 8.57. The molecular formula is C47H30N4. The fourth-order valence-corrected chi connectivity index (χ4v) is 7.40. The van der Waals surface area contributed by atoms with Crippen LogP contribution in [0.2, 0.25) is 0 Å². The van der Waals surface area contributed by atoms with Crippen molar-refractivity contribution in [3.63, 3.8) is 0 Å². The van der Waals surface area contributed by atoms with Gasteiger partial charge in [-0.05, 0) is 62.0 Å². The molecule has 0 unspecified atom stereocenters. The summed E-state index contributed by atoms with van der Waals surface area (Å²) >= 11 is 0. The number of hydrogen-bond acceptors (Lipinski definition) is 3. The lowest BCUT2D eigenvalue weighted by Crippen LogP contribution is -2.06. The average Bonchev–Trinajstić information content (AvgIpc) is 3.55. The third-order valence-corrected chi connectivity index (χ3v) is 9.83. The number of aromatic nitrogens is 4. The van der Waals surface area contributed by atoms with E-state index in [2.05, 4.69) is 150 Å². The Labute approximate surface area is 295 Å². The van der Waals surface area contributed by atoms with Crippen LogP contribution in [-0.2, 0) is 0 Å². The minimum absolute atomic E-state index is 0.577. The van der Waals surface area contributed by atoms with Gasteiger partial charge in [0.15, 0.2) is 11.6 Å². The standard InChI is InChI=1S/C47H30N4/c1-4-15-32(16-5-1)41-30-43-44(39-23-13-12-22-38(39)41)40-27-26-37(36-25-24-31-14-10-11-21-35(31)28-36)29-42(40)51(43)47-49-45(33-17-6-2-7-18-33)48-46(50-47)34-19-8-3-9-20-34/h1-30H. The average molecular weight is 651 g/mol. The van der Waals surface area contributed by atoms with Gasteiger partial charge in [-0.2, -0.15) is 9.97 Å². The van der Waals surface area contributed by atoms with Crippen LogP contribution in [0.15, 0.2) is 182 Å². The molecule has 8 aromatic carbocycles. The van der Waals surface area contributed by atoms with Crippen LogP contribution in [0.4, 0.5) is 0 Å². The van der Waals surface area contributed by atoms with Crippen molar-refractivity contribution in [3.8, 4) is 51.0 Å². The Hall–Kier alpha value is -6.91. The van der Waals surface area contributed by atoms with Crippen LogP contribution >= 0.6 is 0 Å². The number of nitrogens with zero attached hydrogens (tertiary/aromatic N) is 4. The molecule has 2 aromatic heterocycles. The molecule has 0 aliphatic heterocycles. The molecule has 0 saturated heterocycles. The maximum atomic E-state index is 5.24. The van der Waals surface area contributed by atoms with E-state index in [4.69, 9.17) is 15.0 Å². The summed E-state index contributed by atoms with van der Waals surface area (Å²) in [6.45, 7) is 0. The zero-order valence-corrected chi connectivity index (χ0v) is 27.6. The smallest absolute Gasteiger partial charge is 0.238 e. The highest BCUT2D eigenvalue weighted by Crippen LogP contribution is 2.42. The fraction of sp³-hybridized carbons (Fsp3) is 0.